The summed E-state index contributed by atoms with van der Waals surface area (Å²) in [6.07, 6.45) is 7.35. The van der Waals surface area contributed by atoms with E-state index in [1.807, 2.05) is 47.0 Å². The Morgan fingerprint density at radius 2 is 1.65 bits per heavy atom. The predicted molar refractivity (Wildman–Crippen MR) is 131 cm³/mol. The monoisotopic (exact) mass is 417 g/mol. The summed E-state index contributed by atoms with van der Waals surface area (Å²) in [5, 5.41) is 1.09. The summed E-state index contributed by atoms with van der Waals surface area (Å²) in [6.45, 7) is 6.65. The first-order valence-electron chi connectivity index (χ1n) is 11.8. The summed E-state index contributed by atoms with van der Waals surface area (Å²) >= 11 is 0. The molecule has 0 unspecified atom stereocenters. The molecule has 0 spiro atoms. The number of unbranched alkanes of at least 4 members (excludes halogenated alkanes) is 2. The van der Waals surface area contributed by atoms with Crippen molar-refractivity contribution < 1.29 is 0 Å². The van der Waals surface area contributed by atoms with Gasteiger partial charge in [-0.3, -0.25) is 9.69 Å². The topological polar surface area (TPSA) is 51.3 Å². The average molecular weight is 418 g/mol. The highest BCUT2D eigenvalue weighted by Crippen LogP contribution is 2.24. The number of nitrogens with two attached hydrogens (primary N) is 1. The molecular weight excluding hydrogens is 382 g/mol. The van der Waals surface area contributed by atoms with Gasteiger partial charge in [0.05, 0.1) is 5.52 Å². The third-order valence-corrected chi connectivity index (χ3v) is 6.87. The number of benzene rings is 2. The van der Waals surface area contributed by atoms with Crippen LogP contribution in [0.5, 0.6) is 0 Å². The molecule has 0 bridgehead atoms. The minimum atomic E-state index is 0.0718. The number of nitrogen functional groups attached to an aromatic ring is 1. The van der Waals surface area contributed by atoms with Crippen molar-refractivity contribution in [2.75, 3.05) is 12.3 Å². The molecule has 0 amide bonds. The van der Waals surface area contributed by atoms with Crippen molar-refractivity contribution in [1.82, 2.24) is 9.47 Å². The van der Waals surface area contributed by atoms with Crippen molar-refractivity contribution in [3.05, 3.63) is 65.0 Å². The first-order valence-corrected chi connectivity index (χ1v) is 11.8. The van der Waals surface area contributed by atoms with Crippen LogP contribution in [0.4, 0.5) is 5.69 Å². The third-order valence-electron chi connectivity index (χ3n) is 6.87. The van der Waals surface area contributed by atoms with E-state index in [0.29, 0.717) is 17.8 Å². The first kappa shape index (κ1) is 21.6. The van der Waals surface area contributed by atoms with E-state index in [2.05, 4.69) is 30.9 Å². The van der Waals surface area contributed by atoms with Crippen molar-refractivity contribution in [1.29, 1.82) is 0 Å². The maximum absolute atomic E-state index is 13.4. The van der Waals surface area contributed by atoms with Gasteiger partial charge in [0.1, 0.15) is 0 Å². The summed E-state index contributed by atoms with van der Waals surface area (Å²) in [5.74, 6) is 0. The molecule has 2 aromatic carbocycles. The average Bonchev–Trinajstić information content (AvgIpc) is 2.76. The van der Waals surface area contributed by atoms with Gasteiger partial charge in [0.15, 0.2) is 0 Å². The number of anilines is 1. The molecule has 1 fully saturated rings. The molecule has 0 aliphatic carbocycles. The van der Waals surface area contributed by atoms with Gasteiger partial charge in [-0.15, -0.1) is 0 Å². The van der Waals surface area contributed by atoms with Gasteiger partial charge in [-0.25, -0.2) is 0 Å². The summed E-state index contributed by atoms with van der Waals surface area (Å²) in [6, 6.07) is 19.2. The molecule has 164 valence electrons. The van der Waals surface area contributed by atoms with Crippen LogP contribution in [0.15, 0.2) is 59.4 Å². The molecule has 4 nitrogen and oxygen atoms in total. The molecule has 1 aliphatic heterocycles. The molecule has 3 aromatic rings. The second-order valence-corrected chi connectivity index (χ2v) is 9.13. The lowest BCUT2D eigenvalue weighted by molar-refractivity contribution is 0.101. The second kappa shape index (κ2) is 9.69. The molecule has 2 heterocycles. The first-order chi connectivity index (χ1) is 15.0. The fraction of sp³-hybridized carbons (Fsp3) is 0.444. The van der Waals surface area contributed by atoms with Gasteiger partial charge in [-0.2, -0.15) is 0 Å². The number of pyridine rings is 1. The number of hydrogen-bond donors (Lipinski definition) is 1. The van der Waals surface area contributed by atoms with E-state index >= 15 is 0 Å². The molecule has 1 aliphatic rings. The molecule has 1 aromatic heterocycles. The molecular formula is C27H35N3O. The lowest BCUT2D eigenvalue weighted by atomic mass is 9.97. The number of piperidine rings is 1. The number of hydrogen-bond acceptors (Lipinski definition) is 3. The van der Waals surface area contributed by atoms with Crippen molar-refractivity contribution in [2.24, 2.45) is 0 Å². The van der Waals surface area contributed by atoms with Crippen molar-refractivity contribution >= 4 is 16.6 Å². The summed E-state index contributed by atoms with van der Waals surface area (Å²) in [5.41, 5.74) is 9.35. The van der Waals surface area contributed by atoms with E-state index in [1.54, 1.807) is 0 Å². The standard InChI is InChI=1S/C27H35N3O/c1-20-10-8-11-21(2)29(20)16-6-3-7-17-30-26-15-5-4-12-23(26)19-25(27(30)31)22-13-9-14-24(28)18-22/h4-5,9,12-15,18-21H,3,6-8,10-11,16-17,28H2,1-2H3/t20-,21+. The Hall–Kier alpha value is -2.59. The predicted octanol–water partition coefficient (Wildman–Crippen LogP) is 5.68. The largest absolute Gasteiger partial charge is 0.399 e. The van der Waals surface area contributed by atoms with Crippen LogP contribution >= 0.6 is 0 Å². The Morgan fingerprint density at radius 3 is 2.42 bits per heavy atom. The summed E-state index contributed by atoms with van der Waals surface area (Å²) < 4.78 is 1.96. The Kier molecular flexibility index (Phi) is 6.77. The fourth-order valence-corrected chi connectivity index (χ4v) is 5.12. The van der Waals surface area contributed by atoms with Crippen molar-refractivity contribution in [3.63, 3.8) is 0 Å². The van der Waals surface area contributed by atoms with Crippen LogP contribution < -0.4 is 11.3 Å². The molecule has 0 saturated carbocycles. The molecule has 0 radical (unpaired) electrons. The minimum absolute atomic E-state index is 0.0718. The van der Waals surface area contributed by atoms with E-state index in [9.17, 15) is 4.79 Å². The Morgan fingerprint density at radius 1 is 0.903 bits per heavy atom. The van der Waals surface area contributed by atoms with Crippen LogP contribution in [0.25, 0.3) is 22.0 Å². The van der Waals surface area contributed by atoms with E-state index in [0.717, 1.165) is 41.4 Å². The van der Waals surface area contributed by atoms with Crippen LogP contribution in [0.3, 0.4) is 0 Å². The van der Waals surface area contributed by atoms with Gasteiger partial charge in [-0.1, -0.05) is 43.2 Å². The fourth-order valence-electron chi connectivity index (χ4n) is 5.12. The van der Waals surface area contributed by atoms with Crippen LogP contribution in [0.2, 0.25) is 0 Å². The smallest absolute Gasteiger partial charge is 0.258 e. The van der Waals surface area contributed by atoms with Gasteiger partial charge in [-0.05, 0) is 81.3 Å². The zero-order valence-corrected chi connectivity index (χ0v) is 18.9. The van der Waals surface area contributed by atoms with Crippen molar-refractivity contribution in [2.45, 2.75) is 71.0 Å². The number of likely N-dealkylation sites (tertiary alicyclic amines) is 1. The maximum Gasteiger partial charge on any atom is 0.258 e. The highest BCUT2D eigenvalue weighted by molar-refractivity contribution is 5.84. The molecule has 31 heavy (non-hydrogen) atoms. The van der Waals surface area contributed by atoms with Crippen molar-refractivity contribution in [3.8, 4) is 11.1 Å². The summed E-state index contributed by atoms with van der Waals surface area (Å²) in [7, 11) is 0. The molecule has 4 rings (SSSR count). The molecule has 4 heteroatoms. The summed E-state index contributed by atoms with van der Waals surface area (Å²) in [4.78, 5) is 16.1. The van der Waals surface area contributed by atoms with Gasteiger partial charge in [0.25, 0.3) is 5.56 Å². The van der Waals surface area contributed by atoms with Crippen LogP contribution in [0.1, 0.15) is 52.4 Å². The van der Waals surface area contributed by atoms with Gasteiger partial charge in [0, 0.05) is 29.9 Å². The maximum atomic E-state index is 13.4. The zero-order valence-electron chi connectivity index (χ0n) is 18.9. The number of para-hydroxylation sites is 1. The second-order valence-electron chi connectivity index (χ2n) is 9.13. The van der Waals surface area contributed by atoms with Gasteiger partial charge >= 0.3 is 0 Å². The third kappa shape index (κ3) is 4.85. The number of rotatable bonds is 7. The number of nitrogens with zero attached hydrogens (tertiary/aromatic N) is 2. The highest BCUT2D eigenvalue weighted by atomic mass is 16.1. The quantitative estimate of drug-likeness (QED) is 0.397. The van der Waals surface area contributed by atoms with Gasteiger partial charge < -0.3 is 10.3 Å². The molecule has 2 N–H and O–H groups in total. The van der Waals surface area contributed by atoms with Crippen LogP contribution in [-0.4, -0.2) is 28.1 Å². The molecule has 1 saturated heterocycles. The van der Waals surface area contributed by atoms with Crippen LogP contribution in [-0.2, 0) is 6.54 Å². The lowest BCUT2D eigenvalue weighted by Gasteiger charge is -2.39. The Labute approximate surface area is 185 Å². The van der Waals surface area contributed by atoms with E-state index in [1.165, 1.54) is 32.2 Å². The van der Waals surface area contributed by atoms with Gasteiger partial charge in [0.2, 0.25) is 0 Å². The van der Waals surface area contributed by atoms with E-state index in [4.69, 9.17) is 5.73 Å². The molecule has 2 atom stereocenters. The lowest BCUT2D eigenvalue weighted by Crippen LogP contribution is -2.44. The minimum Gasteiger partial charge on any atom is -0.399 e. The Balaban J connectivity index is 1.49. The highest BCUT2D eigenvalue weighted by Gasteiger charge is 2.23. The number of aromatic nitrogens is 1. The normalized spacial score (nSPS) is 19.7. The number of fused-ring (bicyclic) bond motifs is 1. The zero-order chi connectivity index (χ0) is 21.8. The van der Waals surface area contributed by atoms with E-state index < -0.39 is 0 Å². The van der Waals surface area contributed by atoms with E-state index in [-0.39, 0.29) is 5.56 Å². The van der Waals surface area contributed by atoms with Crippen LogP contribution in [0, 0.1) is 0 Å². The number of aryl methyl sites for hydroxylation is 1. The SMILES string of the molecule is C[C@@H]1CCC[C@H](C)N1CCCCCn1c(=O)c(-c2cccc(N)c2)cc2ccccc21. The Bertz CT molecular complexity index is 1080.